The van der Waals surface area contributed by atoms with Crippen molar-refractivity contribution in [2.45, 2.75) is 431 Å². The quantitative estimate of drug-likeness (QED) is 0.0320. The van der Waals surface area contributed by atoms with Crippen molar-refractivity contribution in [2.24, 2.45) is 0 Å². The lowest BCUT2D eigenvalue weighted by Crippen LogP contribution is -2.45. The molecule has 0 spiro atoms. The highest BCUT2D eigenvalue weighted by Gasteiger charge is 2.18. The lowest BCUT2D eigenvalue weighted by molar-refractivity contribution is -0.143. The van der Waals surface area contributed by atoms with Crippen LogP contribution < -0.4 is 5.32 Å². The van der Waals surface area contributed by atoms with Gasteiger partial charge >= 0.3 is 5.97 Å². The van der Waals surface area contributed by atoms with Gasteiger partial charge in [0.2, 0.25) is 5.91 Å². The molecule has 6 heteroatoms. The highest BCUT2D eigenvalue weighted by Crippen LogP contribution is 2.19. The zero-order valence-corrected chi connectivity index (χ0v) is 56.2. The monoisotopic (exact) mass is 1170 g/mol. The number of aliphatic hydroxyl groups excluding tert-OH is 2. The fourth-order valence-corrected chi connectivity index (χ4v) is 11.9. The fraction of sp³-hybridized carbons (Fsp3) is 0.896. The van der Waals surface area contributed by atoms with Gasteiger partial charge in [0, 0.05) is 12.8 Å². The van der Waals surface area contributed by atoms with Crippen molar-refractivity contribution in [3.8, 4) is 0 Å². The van der Waals surface area contributed by atoms with E-state index < -0.39 is 12.1 Å². The summed E-state index contributed by atoms with van der Waals surface area (Å²) in [5, 5.41) is 23.3. The van der Waals surface area contributed by atoms with E-state index in [0.717, 1.165) is 44.9 Å². The molecular formula is C77H147NO5. The molecule has 83 heavy (non-hydrogen) atoms. The minimum atomic E-state index is -0.847. The minimum absolute atomic E-state index is 0.00804. The van der Waals surface area contributed by atoms with Crippen molar-refractivity contribution >= 4 is 11.9 Å². The summed E-state index contributed by atoms with van der Waals surface area (Å²) in [4.78, 5) is 24.6. The molecule has 3 N–H and O–H groups in total. The van der Waals surface area contributed by atoms with Gasteiger partial charge in [-0.05, 0) is 83.5 Å². The summed E-state index contributed by atoms with van der Waals surface area (Å²) in [5.41, 5.74) is 0. The Kier molecular flexibility index (Phi) is 70.9. The second-order valence-corrected chi connectivity index (χ2v) is 26.0. The van der Waals surface area contributed by atoms with Crippen molar-refractivity contribution in [3.63, 3.8) is 0 Å². The number of carbonyl (C=O) groups is 2. The number of nitrogens with one attached hydrogen (secondary N) is 1. The molecule has 0 aromatic carbocycles. The number of rotatable bonds is 71. The van der Waals surface area contributed by atoms with E-state index in [1.165, 1.54) is 347 Å². The number of aliphatic hydroxyl groups is 2. The third-order valence-corrected chi connectivity index (χ3v) is 17.6. The van der Waals surface area contributed by atoms with Crippen molar-refractivity contribution in [2.75, 3.05) is 13.2 Å². The van der Waals surface area contributed by atoms with Crippen molar-refractivity contribution in [1.29, 1.82) is 0 Å². The van der Waals surface area contributed by atoms with E-state index in [-0.39, 0.29) is 18.5 Å². The van der Waals surface area contributed by atoms with Gasteiger partial charge in [-0.25, -0.2) is 0 Å². The lowest BCUT2D eigenvalue weighted by atomic mass is 10.0. The van der Waals surface area contributed by atoms with E-state index in [2.05, 4.69) is 43.5 Å². The third kappa shape index (κ3) is 69.1. The van der Waals surface area contributed by atoms with Crippen LogP contribution >= 0.6 is 0 Å². The molecule has 2 atom stereocenters. The van der Waals surface area contributed by atoms with Gasteiger partial charge in [0.05, 0.1) is 25.4 Å². The Balaban J connectivity index is 3.41. The summed E-state index contributed by atoms with van der Waals surface area (Å²) in [5.74, 6) is -0.0565. The maximum Gasteiger partial charge on any atom is 0.305 e. The molecule has 0 bridgehead atoms. The summed E-state index contributed by atoms with van der Waals surface area (Å²) in [6.45, 7) is 4.94. The summed E-state index contributed by atoms with van der Waals surface area (Å²) in [7, 11) is 0. The van der Waals surface area contributed by atoms with E-state index in [1.54, 1.807) is 6.08 Å². The predicted molar refractivity (Wildman–Crippen MR) is 366 cm³/mol. The Bertz CT molecular complexity index is 1340. The molecule has 2 unspecified atom stereocenters. The summed E-state index contributed by atoms with van der Waals surface area (Å²) >= 11 is 0. The first-order chi connectivity index (χ1) is 41.0. The van der Waals surface area contributed by atoms with Crippen LogP contribution in [0, 0.1) is 0 Å². The molecule has 6 nitrogen and oxygen atoms in total. The van der Waals surface area contributed by atoms with E-state index >= 15 is 0 Å². The number of carbonyl (C=O) groups excluding carboxylic acids is 2. The third-order valence-electron chi connectivity index (χ3n) is 17.6. The van der Waals surface area contributed by atoms with Gasteiger partial charge in [-0.2, -0.15) is 0 Å². The Labute approximate surface area is 519 Å². The summed E-state index contributed by atoms with van der Waals surface area (Å²) < 4.78 is 5.50. The van der Waals surface area contributed by atoms with Crippen LogP contribution in [0.4, 0.5) is 0 Å². The molecule has 1 amide bonds. The van der Waals surface area contributed by atoms with Gasteiger partial charge in [0.25, 0.3) is 0 Å². The van der Waals surface area contributed by atoms with Crippen LogP contribution in [-0.2, 0) is 14.3 Å². The Morgan fingerprint density at radius 1 is 0.325 bits per heavy atom. The van der Waals surface area contributed by atoms with Crippen molar-refractivity contribution in [1.82, 2.24) is 5.32 Å². The van der Waals surface area contributed by atoms with E-state index in [4.69, 9.17) is 4.74 Å². The second-order valence-electron chi connectivity index (χ2n) is 26.0. The highest BCUT2D eigenvalue weighted by molar-refractivity contribution is 5.76. The van der Waals surface area contributed by atoms with Crippen LogP contribution in [0.25, 0.3) is 0 Å². The Hall–Kier alpha value is -1.92. The van der Waals surface area contributed by atoms with Gasteiger partial charge in [0.1, 0.15) is 0 Å². The molecule has 0 aliphatic rings. The first-order valence-corrected chi connectivity index (χ1v) is 37.8. The molecule has 0 aromatic heterocycles. The van der Waals surface area contributed by atoms with Gasteiger partial charge in [-0.1, -0.05) is 359 Å². The highest BCUT2D eigenvalue weighted by atomic mass is 16.5. The number of allylic oxidation sites excluding steroid dienone is 5. The van der Waals surface area contributed by atoms with Crippen LogP contribution in [0.2, 0.25) is 0 Å². The molecule has 0 saturated heterocycles. The largest absolute Gasteiger partial charge is 0.466 e. The molecule has 0 aliphatic heterocycles. The Morgan fingerprint density at radius 2 is 0.566 bits per heavy atom. The minimum Gasteiger partial charge on any atom is -0.466 e. The molecule has 0 radical (unpaired) electrons. The molecule has 0 saturated carbocycles. The molecular weight excluding hydrogens is 1020 g/mol. The van der Waals surface area contributed by atoms with Crippen LogP contribution in [0.1, 0.15) is 418 Å². The standard InChI is InChI=1S/C77H147NO5/c1-3-5-7-9-11-13-15-17-19-21-22-23-29-32-35-38-41-45-49-53-57-61-65-69-75(80)74(73-79)78-76(81)70-66-62-58-54-50-46-42-39-36-33-30-27-25-24-26-28-31-34-37-40-44-48-52-56-60-64-68-72-83-77(82)71-67-63-59-55-51-47-43-20-18-16-14-12-10-8-6-4-2/h20,24-25,43,65,69,74-75,79-80H,3-19,21-23,26-42,44-64,66-68,70-73H2,1-2H3,(H,78,81)/b25-24-,43-20-,69-65+. The van der Waals surface area contributed by atoms with Crippen LogP contribution in [-0.4, -0.2) is 47.4 Å². The molecule has 0 fully saturated rings. The van der Waals surface area contributed by atoms with Gasteiger partial charge < -0.3 is 20.3 Å². The predicted octanol–water partition coefficient (Wildman–Crippen LogP) is 24.7. The van der Waals surface area contributed by atoms with Crippen molar-refractivity contribution in [3.05, 3.63) is 36.5 Å². The zero-order valence-electron chi connectivity index (χ0n) is 56.2. The second kappa shape index (κ2) is 72.6. The molecule has 0 aliphatic carbocycles. The van der Waals surface area contributed by atoms with Gasteiger partial charge in [-0.15, -0.1) is 0 Å². The first kappa shape index (κ1) is 81.1. The summed E-state index contributed by atoms with van der Waals surface area (Å²) in [6, 6.07) is -0.630. The lowest BCUT2D eigenvalue weighted by Gasteiger charge is -2.20. The summed E-state index contributed by atoms with van der Waals surface area (Å²) in [6.07, 6.45) is 93.8. The van der Waals surface area contributed by atoms with E-state index in [0.29, 0.717) is 19.4 Å². The maximum atomic E-state index is 12.5. The van der Waals surface area contributed by atoms with Gasteiger partial charge in [0.15, 0.2) is 0 Å². The number of hydrogen-bond acceptors (Lipinski definition) is 5. The Morgan fingerprint density at radius 3 is 0.855 bits per heavy atom. The average molecular weight is 1170 g/mol. The number of hydrogen-bond donors (Lipinski definition) is 3. The smallest absolute Gasteiger partial charge is 0.305 e. The van der Waals surface area contributed by atoms with E-state index in [1.807, 2.05) is 6.08 Å². The van der Waals surface area contributed by atoms with Gasteiger partial charge in [-0.3, -0.25) is 9.59 Å². The number of ether oxygens (including phenoxy) is 1. The molecule has 0 rings (SSSR count). The van der Waals surface area contributed by atoms with Crippen LogP contribution in [0.15, 0.2) is 36.5 Å². The SMILES string of the molecule is CCCCCCCCC/C=C\CCCCCCCC(=O)OCCCCCCCCCCCCCC/C=C\CCCCCCCCCCCCCC(=O)NC(CO)C(O)/C=C/CCCCCCCCCCCCCCCCCCCCCCC. The maximum absolute atomic E-state index is 12.5. The number of unbranched alkanes of at least 4 members (excludes halogenated alkanes) is 56. The normalized spacial score (nSPS) is 12.7. The average Bonchev–Trinajstić information content (AvgIpc) is 3.49. The molecule has 490 valence electrons. The molecule has 0 aromatic rings. The fourth-order valence-electron chi connectivity index (χ4n) is 11.9. The number of esters is 1. The molecule has 0 heterocycles. The zero-order chi connectivity index (χ0) is 59.9. The topological polar surface area (TPSA) is 95.9 Å². The van der Waals surface area contributed by atoms with E-state index in [9.17, 15) is 19.8 Å². The van der Waals surface area contributed by atoms with Crippen molar-refractivity contribution < 1.29 is 24.5 Å². The van der Waals surface area contributed by atoms with Crippen LogP contribution in [0.3, 0.4) is 0 Å². The first-order valence-electron chi connectivity index (χ1n) is 37.8. The number of amides is 1. The van der Waals surface area contributed by atoms with Crippen LogP contribution in [0.5, 0.6) is 0 Å².